The van der Waals surface area contributed by atoms with E-state index in [4.69, 9.17) is 0 Å². The number of rotatable bonds is 7. The maximum atomic E-state index is 10.9. The Bertz CT molecular complexity index is 219. The number of aliphatic hydroxyl groups is 1. The zero-order chi connectivity index (χ0) is 12.8. The minimum Gasteiger partial charge on any atom is -0.376 e. The first-order chi connectivity index (χ1) is 7.26. The van der Waals surface area contributed by atoms with E-state index in [1.54, 1.807) is 0 Å². The minimum atomic E-state index is -0.757. The van der Waals surface area contributed by atoms with Crippen LogP contribution in [0.25, 0.3) is 0 Å². The highest BCUT2D eigenvalue weighted by molar-refractivity contribution is 7.80. The summed E-state index contributed by atoms with van der Waals surface area (Å²) in [4.78, 5) is 10.9. The van der Waals surface area contributed by atoms with Gasteiger partial charge in [-0.2, -0.15) is 12.6 Å². The fourth-order valence-corrected chi connectivity index (χ4v) is 1.47. The van der Waals surface area contributed by atoms with Crippen LogP contribution in [0.3, 0.4) is 0 Å². The summed E-state index contributed by atoms with van der Waals surface area (Å²) in [5.74, 6) is 0.240. The number of thiol groups is 1. The third kappa shape index (κ3) is 7.92. The number of quaternary nitrogens is 1. The van der Waals surface area contributed by atoms with Gasteiger partial charge in [0.05, 0.1) is 33.7 Å². The van der Waals surface area contributed by atoms with Gasteiger partial charge in [0.2, 0.25) is 5.91 Å². The molecule has 0 saturated heterocycles. The second-order valence-electron chi connectivity index (χ2n) is 4.90. The van der Waals surface area contributed by atoms with E-state index in [0.29, 0.717) is 12.3 Å². The van der Waals surface area contributed by atoms with Gasteiger partial charge >= 0.3 is 0 Å². The molecule has 0 rings (SSSR count). The van der Waals surface area contributed by atoms with Crippen LogP contribution in [-0.4, -0.2) is 67.8 Å². The molecule has 0 aliphatic rings. The van der Waals surface area contributed by atoms with E-state index in [-0.39, 0.29) is 11.9 Å². The predicted molar refractivity (Wildman–Crippen MR) is 68.4 cm³/mol. The molecule has 3 N–H and O–H groups in total. The summed E-state index contributed by atoms with van der Waals surface area (Å²) in [5.41, 5.74) is 0. The highest BCUT2D eigenvalue weighted by Gasteiger charge is 2.18. The lowest BCUT2D eigenvalue weighted by Gasteiger charge is -2.27. The van der Waals surface area contributed by atoms with Gasteiger partial charge in [0, 0.05) is 19.2 Å². The molecule has 0 radical (unpaired) electrons. The Hall–Kier alpha value is -0.300. The Morgan fingerprint density at radius 1 is 1.44 bits per heavy atom. The first-order valence-corrected chi connectivity index (χ1v) is 5.99. The molecule has 0 spiro atoms. The summed E-state index contributed by atoms with van der Waals surface area (Å²) in [6.07, 6.45) is -0.757. The van der Waals surface area contributed by atoms with Crippen LogP contribution in [0.4, 0.5) is 0 Å². The molecule has 1 amide bonds. The first kappa shape index (κ1) is 15.7. The van der Waals surface area contributed by atoms with Crippen LogP contribution >= 0.6 is 12.6 Å². The molecule has 2 atom stereocenters. The highest BCUT2D eigenvalue weighted by Crippen LogP contribution is 1.94. The molecule has 0 aliphatic carbocycles. The minimum absolute atomic E-state index is 0.161. The zero-order valence-electron chi connectivity index (χ0n) is 10.5. The van der Waals surface area contributed by atoms with E-state index in [0.717, 1.165) is 11.0 Å². The van der Waals surface area contributed by atoms with E-state index >= 15 is 0 Å². The van der Waals surface area contributed by atoms with E-state index in [1.165, 1.54) is 6.92 Å². The molecule has 0 bridgehead atoms. The summed E-state index contributed by atoms with van der Waals surface area (Å²) >= 11 is 4.09. The summed E-state index contributed by atoms with van der Waals surface area (Å²) in [7, 11) is 6.24. The molecule has 0 aromatic heterocycles. The molecule has 0 aliphatic heterocycles. The van der Waals surface area contributed by atoms with Crippen molar-refractivity contribution in [1.29, 1.82) is 0 Å². The zero-order valence-corrected chi connectivity index (χ0v) is 11.4. The topological polar surface area (TPSA) is 61.4 Å². The maximum absolute atomic E-state index is 10.9. The Morgan fingerprint density at radius 2 is 2.00 bits per heavy atom. The third-order valence-corrected chi connectivity index (χ3v) is 2.50. The average molecular weight is 250 g/mol. The summed E-state index contributed by atoms with van der Waals surface area (Å²) < 4.78 is 0.825. The molecule has 2 unspecified atom stereocenters. The Morgan fingerprint density at radius 3 is 2.38 bits per heavy atom. The lowest BCUT2D eigenvalue weighted by atomic mass is 10.3. The number of amides is 1. The van der Waals surface area contributed by atoms with E-state index < -0.39 is 6.23 Å². The van der Waals surface area contributed by atoms with Crippen molar-refractivity contribution in [3.63, 3.8) is 0 Å². The Labute approximate surface area is 103 Å². The molecule has 0 saturated carbocycles. The van der Waals surface area contributed by atoms with Crippen molar-refractivity contribution in [3.05, 3.63) is 0 Å². The number of likely N-dealkylation sites (N-methyl/N-ethyl adjacent to an activating group) is 1. The number of hydrogen-bond donors (Lipinski definition) is 4. The van der Waals surface area contributed by atoms with Gasteiger partial charge in [-0.15, -0.1) is 0 Å². The van der Waals surface area contributed by atoms with Gasteiger partial charge in [0.25, 0.3) is 0 Å². The van der Waals surface area contributed by atoms with Crippen molar-refractivity contribution in [2.45, 2.75) is 19.2 Å². The number of nitrogens with zero attached hydrogens (tertiary/aromatic N) is 1. The standard InChI is InChI=1S/C10H23N3O2S/c1-8(14)12-9(7-16)10(15)11-5-6-13(2,3)4/h9-11,15H,5-7H2,1-4H3,(H-,12,14,16)/p+1. The van der Waals surface area contributed by atoms with Crippen molar-refractivity contribution in [3.8, 4) is 0 Å². The quantitative estimate of drug-likeness (QED) is 0.267. The van der Waals surface area contributed by atoms with Crippen LogP contribution in [0.2, 0.25) is 0 Å². The fourth-order valence-electron chi connectivity index (χ4n) is 1.18. The molecule has 6 heteroatoms. The maximum Gasteiger partial charge on any atom is 0.217 e. The number of carbonyl (C=O) groups is 1. The van der Waals surface area contributed by atoms with Crippen molar-refractivity contribution in [1.82, 2.24) is 10.6 Å². The predicted octanol–water partition coefficient (Wildman–Crippen LogP) is -0.965. The Balaban J connectivity index is 3.93. The van der Waals surface area contributed by atoms with Crippen molar-refractivity contribution < 1.29 is 14.4 Å². The second kappa shape index (κ2) is 7.11. The summed E-state index contributed by atoms with van der Waals surface area (Å²) in [5, 5.41) is 15.4. The van der Waals surface area contributed by atoms with E-state index in [2.05, 4.69) is 44.4 Å². The number of aliphatic hydroxyl groups excluding tert-OH is 1. The molecule has 0 aromatic rings. The first-order valence-electron chi connectivity index (χ1n) is 5.36. The van der Waals surface area contributed by atoms with Gasteiger partial charge in [-0.1, -0.05) is 0 Å². The van der Waals surface area contributed by atoms with Gasteiger partial charge in [0.15, 0.2) is 0 Å². The second-order valence-corrected chi connectivity index (χ2v) is 5.27. The van der Waals surface area contributed by atoms with E-state index in [9.17, 15) is 9.90 Å². The number of hydrogen-bond acceptors (Lipinski definition) is 4. The molecular weight excluding hydrogens is 226 g/mol. The third-order valence-electron chi connectivity index (χ3n) is 2.10. The molecular formula is C10H24N3O2S+. The van der Waals surface area contributed by atoms with Gasteiger partial charge < -0.3 is 14.9 Å². The van der Waals surface area contributed by atoms with Crippen LogP contribution in [-0.2, 0) is 4.79 Å². The smallest absolute Gasteiger partial charge is 0.217 e. The molecule has 5 nitrogen and oxygen atoms in total. The monoisotopic (exact) mass is 250 g/mol. The van der Waals surface area contributed by atoms with Gasteiger partial charge in [0.1, 0.15) is 6.23 Å². The van der Waals surface area contributed by atoms with Crippen LogP contribution in [0.5, 0.6) is 0 Å². The molecule has 96 valence electrons. The van der Waals surface area contributed by atoms with Crippen molar-refractivity contribution >= 4 is 18.5 Å². The normalized spacial score (nSPS) is 15.6. The SMILES string of the molecule is CC(=O)NC(CS)C(O)NCC[N+](C)(C)C. The highest BCUT2D eigenvalue weighted by atomic mass is 32.1. The molecule has 0 fully saturated rings. The average Bonchev–Trinajstić information content (AvgIpc) is 2.11. The largest absolute Gasteiger partial charge is 0.376 e. The van der Waals surface area contributed by atoms with Crippen LogP contribution in [0.1, 0.15) is 6.92 Å². The number of carbonyl (C=O) groups excluding carboxylic acids is 1. The molecule has 0 aromatic carbocycles. The van der Waals surface area contributed by atoms with Crippen LogP contribution in [0.15, 0.2) is 0 Å². The van der Waals surface area contributed by atoms with Crippen LogP contribution < -0.4 is 10.6 Å². The van der Waals surface area contributed by atoms with E-state index in [1.807, 2.05) is 0 Å². The van der Waals surface area contributed by atoms with Gasteiger partial charge in [-0.25, -0.2) is 0 Å². The fraction of sp³-hybridized carbons (Fsp3) is 0.900. The van der Waals surface area contributed by atoms with Gasteiger partial charge in [-0.3, -0.25) is 10.1 Å². The Kier molecular flexibility index (Phi) is 6.98. The van der Waals surface area contributed by atoms with Crippen LogP contribution in [0, 0.1) is 0 Å². The summed E-state index contributed by atoms with van der Waals surface area (Å²) in [6, 6.07) is -0.353. The lowest BCUT2D eigenvalue weighted by Crippen LogP contribution is -2.52. The van der Waals surface area contributed by atoms with Crippen molar-refractivity contribution in [2.24, 2.45) is 0 Å². The lowest BCUT2D eigenvalue weighted by molar-refractivity contribution is -0.869. The van der Waals surface area contributed by atoms with Gasteiger partial charge in [-0.05, 0) is 0 Å². The molecule has 0 heterocycles. The number of nitrogens with one attached hydrogen (secondary N) is 2. The molecule has 16 heavy (non-hydrogen) atoms. The van der Waals surface area contributed by atoms with Crippen molar-refractivity contribution in [2.75, 3.05) is 40.0 Å². The summed E-state index contributed by atoms with van der Waals surface area (Å²) in [6.45, 7) is 3.01.